The molecule has 0 aromatic carbocycles. The Morgan fingerprint density at radius 1 is 1.35 bits per heavy atom. The van der Waals surface area contributed by atoms with E-state index in [1.807, 2.05) is 17.5 Å². The van der Waals surface area contributed by atoms with E-state index in [9.17, 15) is 13.8 Å². The maximum Gasteiger partial charge on any atom is 0.265 e. The maximum absolute atomic E-state index is 13.3. The van der Waals surface area contributed by atoms with E-state index in [2.05, 4.69) is 9.46 Å². The molecule has 1 fully saturated rings. The molecule has 1 aliphatic heterocycles. The molecule has 0 saturated heterocycles. The summed E-state index contributed by atoms with van der Waals surface area (Å²) < 4.78 is 19.2. The fourth-order valence-corrected chi connectivity index (χ4v) is 5.76. The van der Waals surface area contributed by atoms with Gasteiger partial charge in [0.25, 0.3) is 5.91 Å². The van der Waals surface area contributed by atoms with Crippen molar-refractivity contribution >= 4 is 32.9 Å². The van der Waals surface area contributed by atoms with E-state index < -0.39 is 15.1 Å². The van der Waals surface area contributed by atoms with Gasteiger partial charge in [-0.1, -0.05) is 6.07 Å². The van der Waals surface area contributed by atoms with Crippen LogP contribution < -0.4 is 0 Å². The number of carbonyl (C=O) groups excluding carboxylic acids is 2. The summed E-state index contributed by atoms with van der Waals surface area (Å²) in [6.07, 6.45) is 4.51. The zero-order valence-corrected chi connectivity index (χ0v) is 16.3. The highest BCUT2D eigenvalue weighted by atomic mass is 32.2. The summed E-state index contributed by atoms with van der Waals surface area (Å²) in [5, 5.41) is 6.22. The summed E-state index contributed by atoms with van der Waals surface area (Å²) in [6, 6.07) is 3.86. The summed E-state index contributed by atoms with van der Waals surface area (Å²) in [5.74, 6) is -0.347. The Balaban J connectivity index is 1.69. The van der Waals surface area contributed by atoms with Crippen LogP contribution in [0.4, 0.5) is 0 Å². The van der Waals surface area contributed by atoms with Crippen molar-refractivity contribution in [1.29, 1.82) is 0 Å². The third-order valence-corrected chi connectivity index (χ3v) is 7.84. The van der Waals surface area contributed by atoms with Gasteiger partial charge in [0.05, 0.1) is 45.0 Å². The number of rotatable bonds is 3. The third kappa shape index (κ3) is 2.79. The van der Waals surface area contributed by atoms with Gasteiger partial charge in [-0.25, -0.2) is 4.21 Å². The van der Waals surface area contributed by atoms with Crippen LogP contribution >= 0.6 is 11.3 Å². The molecule has 26 heavy (non-hydrogen) atoms. The van der Waals surface area contributed by atoms with Crippen molar-refractivity contribution in [2.24, 2.45) is 4.36 Å². The summed E-state index contributed by atoms with van der Waals surface area (Å²) in [5.41, 5.74) is 0.113. The van der Waals surface area contributed by atoms with E-state index in [0.29, 0.717) is 30.2 Å². The maximum atomic E-state index is 13.3. The van der Waals surface area contributed by atoms with Gasteiger partial charge in [-0.05, 0) is 24.3 Å². The van der Waals surface area contributed by atoms with Crippen molar-refractivity contribution in [3.05, 3.63) is 34.3 Å². The van der Waals surface area contributed by atoms with E-state index in [1.54, 1.807) is 9.58 Å². The quantitative estimate of drug-likeness (QED) is 0.800. The molecule has 0 bridgehead atoms. The minimum atomic E-state index is -2.93. The Kier molecular flexibility index (Phi) is 4.03. The number of thiophene rings is 1. The second-order valence-corrected chi connectivity index (χ2v) is 10.1. The smallest absolute Gasteiger partial charge is 0.265 e. The molecule has 2 aromatic heterocycles. The van der Waals surface area contributed by atoms with Crippen LogP contribution in [-0.4, -0.2) is 43.5 Å². The van der Waals surface area contributed by atoms with Crippen molar-refractivity contribution in [2.75, 3.05) is 12.8 Å². The Labute approximate surface area is 156 Å². The summed E-state index contributed by atoms with van der Waals surface area (Å²) in [7, 11) is -2.93. The van der Waals surface area contributed by atoms with Gasteiger partial charge >= 0.3 is 0 Å². The monoisotopic (exact) mass is 392 g/mol. The standard InChI is InChI=1S/C17H20N4O3S2/c1-12(22)20-7-8-21-13(11-20)14(10-18-21)26(2,24)19-16(23)17(5-6-17)15-4-3-9-25-15/h3-4,9-10H,5-8,11H2,1-2H3. The molecule has 1 saturated carbocycles. The van der Waals surface area contributed by atoms with E-state index in [-0.39, 0.29) is 11.8 Å². The lowest BCUT2D eigenvalue weighted by Gasteiger charge is -2.27. The Morgan fingerprint density at radius 2 is 2.12 bits per heavy atom. The fourth-order valence-electron chi connectivity index (χ4n) is 3.34. The molecule has 1 atom stereocenters. The van der Waals surface area contributed by atoms with Crippen LogP contribution in [0.5, 0.6) is 0 Å². The number of fused-ring (bicyclic) bond motifs is 1. The second kappa shape index (κ2) is 6.02. The van der Waals surface area contributed by atoms with Gasteiger partial charge in [-0.2, -0.15) is 9.46 Å². The van der Waals surface area contributed by atoms with Gasteiger partial charge in [0.15, 0.2) is 0 Å². The first kappa shape index (κ1) is 17.4. The SMILES string of the molecule is CC(=O)N1CCn2ncc(S(C)(=O)=NC(=O)C3(c4cccs4)CC3)c2C1. The molecule has 0 radical (unpaired) electrons. The van der Waals surface area contributed by atoms with Crippen molar-refractivity contribution in [3.63, 3.8) is 0 Å². The highest BCUT2D eigenvalue weighted by Crippen LogP contribution is 2.51. The molecule has 3 heterocycles. The van der Waals surface area contributed by atoms with E-state index in [1.165, 1.54) is 30.7 Å². The van der Waals surface area contributed by atoms with Crippen LogP contribution in [0.25, 0.3) is 0 Å². The third-order valence-electron chi connectivity index (χ3n) is 5.10. The van der Waals surface area contributed by atoms with E-state index in [0.717, 1.165) is 17.7 Å². The Hall–Kier alpha value is -2.00. The molecule has 2 aliphatic rings. The first-order valence-corrected chi connectivity index (χ1v) is 11.2. The largest absolute Gasteiger partial charge is 0.335 e. The normalized spacial score (nSPS) is 20.2. The number of nitrogens with zero attached hydrogens (tertiary/aromatic N) is 4. The number of aromatic nitrogens is 2. The first-order valence-electron chi connectivity index (χ1n) is 8.44. The summed E-state index contributed by atoms with van der Waals surface area (Å²) in [6.45, 7) is 2.99. The van der Waals surface area contributed by atoms with Crippen molar-refractivity contribution in [2.45, 2.75) is 43.2 Å². The minimum absolute atomic E-state index is 0.0337. The van der Waals surface area contributed by atoms with Crippen LogP contribution in [0, 0.1) is 0 Å². The van der Waals surface area contributed by atoms with Gasteiger partial charge in [0.2, 0.25) is 5.91 Å². The molecule has 0 N–H and O–H groups in total. The zero-order valence-electron chi connectivity index (χ0n) is 14.7. The van der Waals surface area contributed by atoms with E-state index in [4.69, 9.17) is 0 Å². The molecule has 7 nitrogen and oxygen atoms in total. The van der Waals surface area contributed by atoms with E-state index >= 15 is 0 Å². The first-order chi connectivity index (χ1) is 12.3. The average molecular weight is 393 g/mol. The molecular weight excluding hydrogens is 372 g/mol. The molecule has 4 rings (SSSR count). The van der Waals surface area contributed by atoms with Gasteiger partial charge < -0.3 is 4.90 Å². The molecule has 2 aromatic rings. The van der Waals surface area contributed by atoms with Crippen molar-refractivity contribution in [3.8, 4) is 0 Å². The topological polar surface area (TPSA) is 84.6 Å². The predicted octanol–water partition coefficient (Wildman–Crippen LogP) is 2.02. The molecular formula is C17H20N4O3S2. The number of hydrogen-bond acceptors (Lipinski definition) is 5. The Morgan fingerprint density at radius 3 is 2.73 bits per heavy atom. The van der Waals surface area contributed by atoms with Crippen LogP contribution in [-0.2, 0) is 37.8 Å². The number of amides is 2. The number of hydrogen-bond donors (Lipinski definition) is 0. The van der Waals surface area contributed by atoms with Gasteiger partial charge in [0, 0.05) is 24.6 Å². The van der Waals surface area contributed by atoms with Gasteiger partial charge in [0.1, 0.15) is 0 Å². The average Bonchev–Trinajstić information content (AvgIpc) is 3.04. The summed E-state index contributed by atoms with van der Waals surface area (Å²) in [4.78, 5) is 27.7. The Bertz CT molecular complexity index is 995. The fraction of sp³-hybridized carbons (Fsp3) is 0.471. The summed E-state index contributed by atoms with van der Waals surface area (Å²) >= 11 is 1.54. The molecule has 2 amide bonds. The van der Waals surface area contributed by atoms with Crippen LogP contribution in [0.3, 0.4) is 0 Å². The predicted molar refractivity (Wildman–Crippen MR) is 98.3 cm³/mol. The van der Waals surface area contributed by atoms with Crippen molar-refractivity contribution < 1.29 is 13.8 Å². The van der Waals surface area contributed by atoms with Crippen LogP contribution in [0.1, 0.15) is 30.3 Å². The second-order valence-electron chi connectivity index (χ2n) is 6.88. The lowest BCUT2D eigenvalue weighted by molar-refractivity contribution is -0.130. The highest BCUT2D eigenvalue weighted by molar-refractivity contribution is 7.93. The molecule has 0 spiro atoms. The molecule has 9 heteroatoms. The number of carbonyl (C=O) groups is 2. The lowest BCUT2D eigenvalue weighted by atomic mass is 10.1. The van der Waals surface area contributed by atoms with Crippen LogP contribution in [0.15, 0.2) is 33.0 Å². The van der Waals surface area contributed by atoms with Crippen molar-refractivity contribution in [1.82, 2.24) is 14.7 Å². The van der Waals surface area contributed by atoms with Gasteiger partial charge in [-0.15, -0.1) is 11.3 Å². The minimum Gasteiger partial charge on any atom is -0.335 e. The van der Waals surface area contributed by atoms with Crippen LogP contribution in [0.2, 0.25) is 0 Å². The van der Waals surface area contributed by atoms with Gasteiger partial charge in [-0.3, -0.25) is 14.3 Å². The molecule has 1 aliphatic carbocycles. The molecule has 138 valence electrons. The highest BCUT2D eigenvalue weighted by Gasteiger charge is 2.52. The zero-order chi connectivity index (χ0) is 18.5. The molecule has 1 unspecified atom stereocenters. The lowest BCUT2D eigenvalue weighted by Crippen LogP contribution is -2.37.